The lowest BCUT2D eigenvalue weighted by Crippen LogP contribution is -2.39. The number of carbonyl (C=O) groups excluding carboxylic acids is 2. The summed E-state index contributed by atoms with van der Waals surface area (Å²) in [7, 11) is 0. The SMILES string of the molecule is CCCNC(=O)NC(=O)c1ccc(COCc2ccccc2)nc1. The average molecular weight is 327 g/mol. The fourth-order valence-electron chi connectivity index (χ4n) is 1.95. The first kappa shape index (κ1) is 17.6. The zero-order valence-corrected chi connectivity index (χ0v) is 13.6. The normalized spacial score (nSPS) is 10.2. The molecule has 126 valence electrons. The van der Waals surface area contributed by atoms with Crippen molar-refractivity contribution in [2.75, 3.05) is 6.54 Å². The highest BCUT2D eigenvalue weighted by Crippen LogP contribution is 2.05. The summed E-state index contributed by atoms with van der Waals surface area (Å²) >= 11 is 0. The fraction of sp³-hybridized carbons (Fsp3) is 0.278. The third-order valence-electron chi connectivity index (χ3n) is 3.21. The predicted octanol–water partition coefficient (Wildman–Crippen LogP) is 2.65. The molecule has 0 saturated heterocycles. The zero-order valence-electron chi connectivity index (χ0n) is 13.6. The van der Waals surface area contributed by atoms with E-state index in [9.17, 15) is 9.59 Å². The van der Waals surface area contributed by atoms with Gasteiger partial charge in [-0.25, -0.2) is 4.79 Å². The van der Waals surface area contributed by atoms with Crippen LogP contribution in [0, 0.1) is 0 Å². The van der Waals surface area contributed by atoms with Gasteiger partial charge in [0.15, 0.2) is 0 Å². The van der Waals surface area contributed by atoms with Crippen molar-refractivity contribution in [3.8, 4) is 0 Å². The van der Waals surface area contributed by atoms with E-state index in [1.54, 1.807) is 12.1 Å². The molecule has 0 radical (unpaired) electrons. The minimum absolute atomic E-state index is 0.327. The third-order valence-corrected chi connectivity index (χ3v) is 3.21. The first-order valence-corrected chi connectivity index (χ1v) is 7.85. The highest BCUT2D eigenvalue weighted by atomic mass is 16.5. The summed E-state index contributed by atoms with van der Waals surface area (Å²) in [4.78, 5) is 27.5. The van der Waals surface area contributed by atoms with Gasteiger partial charge < -0.3 is 10.1 Å². The number of ether oxygens (including phenoxy) is 1. The standard InChI is InChI=1S/C18H21N3O3/c1-2-10-19-18(23)21-17(22)15-8-9-16(20-11-15)13-24-12-14-6-4-3-5-7-14/h3-9,11H,2,10,12-13H2,1H3,(H2,19,21,22,23). The molecule has 6 heteroatoms. The van der Waals surface area contributed by atoms with E-state index in [2.05, 4.69) is 15.6 Å². The minimum atomic E-state index is -0.503. The van der Waals surface area contributed by atoms with Gasteiger partial charge in [0.1, 0.15) is 0 Å². The molecule has 0 aliphatic carbocycles. The van der Waals surface area contributed by atoms with Crippen molar-refractivity contribution in [3.63, 3.8) is 0 Å². The number of aromatic nitrogens is 1. The van der Waals surface area contributed by atoms with Crippen LogP contribution in [0.25, 0.3) is 0 Å². The Hall–Kier alpha value is -2.73. The second-order valence-corrected chi connectivity index (χ2v) is 5.23. The van der Waals surface area contributed by atoms with Gasteiger partial charge in [-0.2, -0.15) is 0 Å². The summed E-state index contributed by atoms with van der Waals surface area (Å²) in [5.41, 5.74) is 2.14. The summed E-state index contributed by atoms with van der Waals surface area (Å²) in [6.07, 6.45) is 2.24. The average Bonchev–Trinajstić information content (AvgIpc) is 2.61. The predicted molar refractivity (Wildman–Crippen MR) is 90.3 cm³/mol. The molecule has 2 N–H and O–H groups in total. The van der Waals surface area contributed by atoms with E-state index in [1.807, 2.05) is 37.3 Å². The van der Waals surface area contributed by atoms with Gasteiger partial charge in [0, 0.05) is 12.7 Å². The molecule has 1 aromatic heterocycles. The molecule has 24 heavy (non-hydrogen) atoms. The Morgan fingerprint density at radius 3 is 2.54 bits per heavy atom. The molecule has 0 spiro atoms. The number of nitrogens with one attached hydrogen (secondary N) is 2. The molecule has 0 unspecified atom stereocenters. The summed E-state index contributed by atoms with van der Waals surface area (Å²) in [5.74, 6) is -0.479. The first-order chi connectivity index (χ1) is 11.7. The second-order valence-electron chi connectivity index (χ2n) is 5.23. The number of amides is 3. The van der Waals surface area contributed by atoms with Crippen molar-refractivity contribution < 1.29 is 14.3 Å². The van der Waals surface area contributed by atoms with Crippen LogP contribution in [0.5, 0.6) is 0 Å². The fourth-order valence-corrected chi connectivity index (χ4v) is 1.95. The topological polar surface area (TPSA) is 80.3 Å². The quantitative estimate of drug-likeness (QED) is 0.819. The monoisotopic (exact) mass is 327 g/mol. The number of benzene rings is 1. The number of hydrogen-bond acceptors (Lipinski definition) is 4. The Bertz CT molecular complexity index is 657. The highest BCUT2D eigenvalue weighted by molar-refractivity contribution is 6.03. The van der Waals surface area contributed by atoms with Gasteiger partial charge >= 0.3 is 6.03 Å². The van der Waals surface area contributed by atoms with Crippen LogP contribution in [-0.4, -0.2) is 23.5 Å². The van der Waals surface area contributed by atoms with Gasteiger partial charge in [-0.05, 0) is 24.1 Å². The maximum Gasteiger partial charge on any atom is 0.321 e. The van der Waals surface area contributed by atoms with Crippen LogP contribution in [-0.2, 0) is 18.0 Å². The Morgan fingerprint density at radius 1 is 1.08 bits per heavy atom. The third kappa shape index (κ3) is 5.81. The van der Waals surface area contributed by atoms with Crippen LogP contribution in [0.3, 0.4) is 0 Å². The number of imide groups is 1. The lowest BCUT2D eigenvalue weighted by atomic mass is 10.2. The number of carbonyl (C=O) groups is 2. The number of urea groups is 1. The van der Waals surface area contributed by atoms with Gasteiger partial charge in [0.25, 0.3) is 5.91 Å². The number of rotatable bonds is 7. The lowest BCUT2D eigenvalue weighted by Gasteiger charge is -2.07. The summed E-state index contributed by atoms with van der Waals surface area (Å²) in [6.45, 7) is 3.32. The molecule has 0 saturated carbocycles. The van der Waals surface area contributed by atoms with E-state index in [-0.39, 0.29) is 0 Å². The number of hydrogen-bond donors (Lipinski definition) is 2. The van der Waals surface area contributed by atoms with E-state index in [4.69, 9.17) is 4.74 Å². The Balaban J connectivity index is 1.79. The molecule has 2 aromatic rings. The first-order valence-electron chi connectivity index (χ1n) is 7.85. The Morgan fingerprint density at radius 2 is 1.88 bits per heavy atom. The Labute approximate surface area is 141 Å². The lowest BCUT2D eigenvalue weighted by molar-refractivity contribution is 0.0961. The molecule has 6 nitrogen and oxygen atoms in total. The van der Waals surface area contributed by atoms with Crippen molar-refractivity contribution in [1.29, 1.82) is 0 Å². The molecule has 0 atom stereocenters. The van der Waals surface area contributed by atoms with Crippen molar-refractivity contribution in [2.45, 2.75) is 26.6 Å². The molecule has 2 rings (SSSR count). The zero-order chi connectivity index (χ0) is 17.2. The Kier molecular flexibility index (Phi) is 6.91. The highest BCUT2D eigenvalue weighted by Gasteiger charge is 2.10. The van der Waals surface area contributed by atoms with Crippen molar-refractivity contribution in [2.24, 2.45) is 0 Å². The minimum Gasteiger partial charge on any atom is -0.370 e. The van der Waals surface area contributed by atoms with Crippen LogP contribution in [0.1, 0.15) is 35.0 Å². The molecule has 0 bridgehead atoms. The maximum atomic E-state index is 11.9. The van der Waals surface area contributed by atoms with Crippen LogP contribution >= 0.6 is 0 Å². The summed E-state index contributed by atoms with van der Waals surface area (Å²) in [6, 6.07) is 12.7. The van der Waals surface area contributed by atoms with E-state index in [0.717, 1.165) is 17.7 Å². The molecule has 1 heterocycles. The molecular weight excluding hydrogens is 306 g/mol. The van der Waals surface area contributed by atoms with Gasteiger partial charge in [-0.15, -0.1) is 0 Å². The van der Waals surface area contributed by atoms with Gasteiger partial charge in [-0.3, -0.25) is 15.1 Å². The molecule has 0 fully saturated rings. The molecule has 0 aliphatic rings. The van der Waals surface area contributed by atoms with Crippen LogP contribution in [0.2, 0.25) is 0 Å². The maximum absolute atomic E-state index is 11.9. The van der Waals surface area contributed by atoms with Gasteiger partial charge in [-0.1, -0.05) is 37.3 Å². The van der Waals surface area contributed by atoms with Crippen LogP contribution in [0.15, 0.2) is 48.7 Å². The van der Waals surface area contributed by atoms with Gasteiger partial charge in [0.2, 0.25) is 0 Å². The van der Waals surface area contributed by atoms with Crippen molar-refractivity contribution in [3.05, 3.63) is 65.5 Å². The van der Waals surface area contributed by atoms with Crippen LogP contribution in [0.4, 0.5) is 4.79 Å². The second kappa shape index (κ2) is 9.42. The van der Waals surface area contributed by atoms with E-state index >= 15 is 0 Å². The smallest absolute Gasteiger partial charge is 0.321 e. The molecule has 3 amide bonds. The number of pyridine rings is 1. The van der Waals surface area contributed by atoms with Crippen molar-refractivity contribution >= 4 is 11.9 Å². The van der Waals surface area contributed by atoms with E-state index in [1.165, 1.54) is 6.20 Å². The molecular formula is C18H21N3O3. The number of nitrogens with zero attached hydrogens (tertiary/aromatic N) is 1. The van der Waals surface area contributed by atoms with E-state index in [0.29, 0.717) is 25.3 Å². The van der Waals surface area contributed by atoms with Gasteiger partial charge in [0.05, 0.1) is 24.5 Å². The molecule has 1 aromatic carbocycles. The van der Waals surface area contributed by atoms with Crippen molar-refractivity contribution in [1.82, 2.24) is 15.6 Å². The summed E-state index contributed by atoms with van der Waals surface area (Å²) < 4.78 is 5.59. The van der Waals surface area contributed by atoms with E-state index < -0.39 is 11.9 Å². The summed E-state index contributed by atoms with van der Waals surface area (Å²) in [5, 5.41) is 4.83. The molecule has 0 aliphatic heterocycles. The van der Waals surface area contributed by atoms with Crippen LogP contribution < -0.4 is 10.6 Å². The largest absolute Gasteiger partial charge is 0.370 e.